The Balaban J connectivity index is 2.61. The van der Waals surface area contributed by atoms with Crippen LogP contribution < -0.4 is 5.73 Å². The summed E-state index contributed by atoms with van der Waals surface area (Å²) in [6.45, 7) is 1.62. The lowest BCUT2D eigenvalue weighted by molar-refractivity contribution is 0.550. The van der Waals surface area contributed by atoms with E-state index in [2.05, 4.69) is 0 Å². The van der Waals surface area contributed by atoms with E-state index in [1.807, 2.05) is 0 Å². The summed E-state index contributed by atoms with van der Waals surface area (Å²) in [5.74, 6) is -1.38. The summed E-state index contributed by atoms with van der Waals surface area (Å²) in [6.07, 6.45) is 0. The Bertz CT molecular complexity index is 607. The molecule has 0 aliphatic rings. The van der Waals surface area contributed by atoms with Gasteiger partial charge in [-0.15, -0.1) is 0 Å². The van der Waals surface area contributed by atoms with Gasteiger partial charge in [0.2, 0.25) is 0 Å². The average Bonchev–Trinajstić information content (AvgIpc) is 2.31. The van der Waals surface area contributed by atoms with Gasteiger partial charge in [0.05, 0.1) is 15.6 Å². The average molecular weight is 302 g/mol. The lowest BCUT2D eigenvalue weighted by Gasteiger charge is -2.27. The Morgan fingerprint density at radius 3 is 2.21 bits per heavy atom. The SMILES string of the molecule is CC(N)(c1cc(F)cc(F)c1)c1cccc(Cl)c1Cl. The van der Waals surface area contributed by atoms with Gasteiger partial charge in [0, 0.05) is 6.07 Å². The summed E-state index contributed by atoms with van der Waals surface area (Å²) in [5, 5.41) is 0.617. The Morgan fingerprint density at radius 2 is 1.63 bits per heavy atom. The van der Waals surface area contributed by atoms with Crippen LogP contribution in [0.3, 0.4) is 0 Å². The first-order valence-electron chi connectivity index (χ1n) is 5.52. The lowest BCUT2D eigenvalue weighted by atomic mass is 9.85. The summed E-state index contributed by atoms with van der Waals surface area (Å²) in [7, 11) is 0. The van der Waals surface area contributed by atoms with E-state index in [-0.39, 0.29) is 10.6 Å². The predicted octanol–water partition coefficient (Wildman–Crippen LogP) is 4.49. The Kier molecular flexibility index (Phi) is 3.81. The molecule has 2 rings (SSSR count). The van der Waals surface area contributed by atoms with Gasteiger partial charge >= 0.3 is 0 Å². The fourth-order valence-corrected chi connectivity index (χ4v) is 2.41. The first-order chi connectivity index (χ1) is 8.82. The van der Waals surface area contributed by atoms with Gasteiger partial charge in [0.25, 0.3) is 0 Å². The molecule has 0 saturated heterocycles. The molecule has 100 valence electrons. The number of hydrogen-bond donors (Lipinski definition) is 1. The third-order valence-corrected chi connectivity index (χ3v) is 3.79. The van der Waals surface area contributed by atoms with Crippen molar-refractivity contribution in [2.75, 3.05) is 0 Å². The Hall–Kier alpha value is -1.16. The van der Waals surface area contributed by atoms with Crippen LogP contribution in [0.4, 0.5) is 8.78 Å². The molecule has 1 nitrogen and oxygen atoms in total. The fourth-order valence-electron chi connectivity index (χ4n) is 1.91. The molecular weight excluding hydrogens is 291 g/mol. The third-order valence-electron chi connectivity index (χ3n) is 2.97. The molecule has 5 heteroatoms. The van der Waals surface area contributed by atoms with Crippen molar-refractivity contribution in [2.24, 2.45) is 5.73 Å². The maximum atomic E-state index is 13.3. The van der Waals surface area contributed by atoms with Crippen LogP contribution in [0.1, 0.15) is 18.1 Å². The van der Waals surface area contributed by atoms with Crippen molar-refractivity contribution in [3.05, 3.63) is 69.2 Å². The second-order valence-corrected chi connectivity index (χ2v) is 5.25. The minimum Gasteiger partial charge on any atom is -0.318 e. The molecule has 0 saturated carbocycles. The molecule has 0 amide bonds. The van der Waals surface area contributed by atoms with Gasteiger partial charge in [0.1, 0.15) is 11.6 Å². The van der Waals surface area contributed by atoms with Crippen molar-refractivity contribution in [3.8, 4) is 0 Å². The topological polar surface area (TPSA) is 26.0 Å². The van der Waals surface area contributed by atoms with E-state index in [0.29, 0.717) is 10.6 Å². The van der Waals surface area contributed by atoms with Crippen molar-refractivity contribution in [2.45, 2.75) is 12.5 Å². The molecule has 0 fully saturated rings. The molecule has 2 N–H and O–H groups in total. The predicted molar refractivity (Wildman–Crippen MR) is 73.5 cm³/mol. The normalized spacial score (nSPS) is 14.2. The van der Waals surface area contributed by atoms with Gasteiger partial charge in [0.15, 0.2) is 0 Å². The minimum absolute atomic E-state index is 0.277. The van der Waals surface area contributed by atoms with E-state index < -0.39 is 17.2 Å². The highest BCUT2D eigenvalue weighted by Crippen LogP contribution is 2.36. The first-order valence-corrected chi connectivity index (χ1v) is 6.28. The zero-order valence-corrected chi connectivity index (χ0v) is 11.6. The first kappa shape index (κ1) is 14.3. The Morgan fingerprint density at radius 1 is 1.05 bits per heavy atom. The van der Waals surface area contributed by atoms with Gasteiger partial charge in [-0.05, 0) is 36.2 Å². The lowest BCUT2D eigenvalue weighted by Crippen LogP contribution is -2.35. The number of hydrogen-bond acceptors (Lipinski definition) is 1. The molecule has 19 heavy (non-hydrogen) atoms. The monoisotopic (exact) mass is 301 g/mol. The molecule has 2 aromatic carbocycles. The third kappa shape index (κ3) is 2.73. The van der Waals surface area contributed by atoms with E-state index in [1.54, 1.807) is 25.1 Å². The maximum Gasteiger partial charge on any atom is 0.126 e. The molecule has 0 aliphatic carbocycles. The van der Waals surface area contributed by atoms with E-state index in [1.165, 1.54) is 12.1 Å². The molecule has 0 heterocycles. The highest BCUT2D eigenvalue weighted by atomic mass is 35.5. The molecule has 0 spiro atoms. The number of rotatable bonds is 2. The van der Waals surface area contributed by atoms with Crippen molar-refractivity contribution in [1.29, 1.82) is 0 Å². The highest BCUT2D eigenvalue weighted by Gasteiger charge is 2.28. The van der Waals surface area contributed by atoms with Gasteiger partial charge in [-0.3, -0.25) is 0 Å². The zero-order chi connectivity index (χ0) is 14.2. The van der Waals surface area contributed by atoms with Crippen molar-refractivity contribution in [3.63, 3.8) is 0 Å². The summed E-state index contributed by atoms with van der Waals surface area (Å²) < 4.78 is 26.6. The molecule has 0 radical (unpaired) electrons. The fraction of sp³-hybridized carbons (Fsp3) is 0.143. The number of nitrogens with two attached hydrogens (primary N) is 1. The summed E-state index contributed by atoms with van der Waals surface area (Å²) in [5.41, 5.74) is 5.83. The molecule has 0 bridgehead atoms. The van der Waals surface area contributed by atoms with E-state index in [4.69, 9.17) is 28.9 Å². The Labute approximate surface area is 119 Å². The molecular formula is C14H11Cl2F2N. The van der Waals surface area contributed by atoms with Crippen LogP contribution in [0.2, 0.25) is 10.0 Å². The van der Waals surface area contributed by atoms with E-state index >= 15 is 0 Å². The molecule has 2 aromatic rings. The summed E-state index contributed by atoms with van der Waals surface area (Å²) in [4.78, 5) is 0. The number of halogens is 4. The van der Waals surface area contributed by atoms with Gasteiger partial charge in [-0.1, -0.05) is 35.3 Å². The largest absolute Gasteiger partial charge is 0.318 e. The molecule has 0 aliphatic heterocycles. The number of benzene rings is 2. The van der Waals surface area contributed by atoms with Crippen LogP contribution in [0.25, 0.3) is 0 Å². The van der Waals surface area contributed by atoms with Crippen molar-refractivity contribution < 1.29 is 8.78 Å². The summed E-state index contributed by atoms with van der Waals surface area (Å²) in [6, 6.07) is 8.14. The van der Waals surface area contributed by atoms with E-state index in [9.17, 15) is 8.78 Å². The molecule has 0 aromatic heterocycles. The van der Waals surface area contributed by atoms with Gasteiger partial charge in [-0.25, -0.2) is 8.78 Å². The van der Waals surface area contributed by atoms with E-state index in [0.717, 1.165) is 6.07 Å². The smallest absolute Gasteiger partial charge is 0.126 e. The van der Waals surface area contributed by atoms with Crippen LogP contribution in [0.15, 0.2) is 36.4 Å². The van der Waals surface area contributed by atoms with Crippen LogP contribution in [-0.4, -0.2) is 0 Å². The second-order valence-electron chi connectivity index (χ2n) is 4.46. The van der Waals surface area contributed by atoms with Crippen molar-refractivity contribution in [1.82, 2.24) is 0 Å². The van der Waals surface area contributed by atoms with Gasteiger partial charge < -0.3 is 5.73 Å². The van der Waals surface area contributed by atoms with Crippen molar-refractivity contribution >= 4 is 23.2 Å². The van der Waals surface area contributed by atoms with Crippen LogP contribution in [-0.2, 0) is 5.54 Å². The van der Waals surface area contributed by atoms with Crippen LogP contribution >= 0.6 is 23.2 Å². The minimum atomic E-state index is -1.15. The van der Waals surface area contributed by atoms with Gasteiger partial charge in [-0.2, -0.15) is 0 Å². The summed E-state index contributed by atoms with van der Waals surface area (Å²) >= 11 is 12.0. The molecule has 1 atom stereocenters. The highest BCUT2D eigenvalue weighted by molar-refractivity contribution is 6.42. The molecule has 1 unspecified atom stereocenters. The zero-order valence-electron chi connectivity index (χ0n) is 10.1. The standard InChI is InChI=1S/C14H11Cl2F2N/c1-14(19,8-5-9(17)7-10(18)6-8)11-3-2-4-12(15)13(11)16/h2-7H,19H2,1H3. The van der Waals surface area contributed by atoms with Crippen LogP contribution in [0, 0.1) is 11.6 Å². The second kappa shape index (κ2) is 5.08. The quantitative estimate of drug-likeness (QED) is 0.869. The maximum absolute atomic E-state index is 13.3. The van der Waals surface area contributed by atoms with Crippen LogP contribution in [0.5, 0.6) is 0 Å².